The minimum absolute atomic E-state index is 0.768. The van der Waals surface area contributed by atoms with E-state index in [9.17, 15) is 0 Å². The van der Waals surface area contributed by atoms with Gasteiger partial charge in [-0.15, -0.1) is 11.8 Å². The van der Waals surface area contributed by atoms with Crippen LogP contribution in [0.3, 0.4) is 0 Å². The maximum Gasteiger partial charge on any atom is 0.0406 e. The second-order valence-corrected chi connectivity index (χ2v) is 5.55. The molecule has 0 spiro atoms. The monoisotopic (exact) mass is 312 g/mol. The number of halogens is 2. The first kappa shape index (κ1) is 12.0. The summed E-state index contributed by atoms with van der Waals surface area (Å²) in [6.45, 7) is 0. The van der Waals surface area contributed by atoms with Crippen LogP contribution in [-0.4, -0.2) is 6.26 Å². The highest BCUT2D eigenvalue weighted by Crippen LogP contribution is 2.33. The average Bonchev–Trinajstić information content (AvgIpc) is 2.30. The molecule has 0 unspecified atom stereocenters. The van der Waals surface area contributed by atoms with Gasteiger partial charge in [-0.3, -0.25) is 0 Å². The van der Waals surface area contributed by atoms with Gasteiger partial charge in [0.25, 0.3) is 0 Å². The Balaban J connectivity index is 2.53. The van der Waals surface area contributed by atoms with Crippen molar-refractivity contribution in [2.75, 3.05) is 6.26 Å². The molecular weight excluding hydrogens is 304 g/mol. The van der Waals surface area contributed by atoms with Crippen LogP contribution in [0.1, 0.15) is 0 Å². The third kappa shape index (κ3) is 2.62. The first-order chi connectivity index (χ1) is 7.70. The van der Waals surface area contributed by atoms with Crippen molar-refractivity contribution in [1.29, 1.82) is 0 Å². The Hall–Kier alpha value is -0.440. The summed E-state index contributed by atoms with van der Waals surface area (Å²) < 4.78 is 1.09. The van der Waals surface area contributed by atoms with Crippen molar-refractivity contribution in [3.05, 3.63) is 52.0 Å². The normalized spacial score (nSPS) is 10.4. The van der Waals surface area contributed by atoms with Gasteiger partial charge in [0.1, 0.15) is 0 Å². The summed E-state index contributed by atoms with van der Waals surface area (Å²) in [7, 11) is 0. The Bertz CT molecular complexity index is 494. The van der Waals surface area contributed by atoms with Gasteiger partial charge in [0.15, 0.2) is 0 Å². The van der Waals surface area contributed by atoms with Crippen molar-refractivity contribution in [1.82, 2.24) is 0 Å². The smallest absolute Gasteiger partial charge is 0.0406 e. The van der Waals surface area contributed by atoms with Crippen LogP contribution in [-0.2, 0) is 0 Å². The molecule has 0 saturated heterocycles. The van der Waals surface area contributed by atoms with Crippen molar-refractivity contribution in [2.24, 2.45) is 0 Å². The predicted octanol–water partition coefficient (Wildman–Crippen LogP) is 5.49. The molecule has 3 heteroatoms. The van der Waals surface area contributed by atoms with Gasteiger partial charge in [-0.25, -0.2) is 0 Å². The van der Waals surface area contributed by atoms with Crippen LogP contribution in [0.15, 0.2) is 51.8 Å². The van der Waals surface area contributed by atoms with E-state index in [1.54, 1.807) is 11.8 Å². The zero-order valence-electron chi connectivity index (χ0n) is 8.71. The molecule has 82 valence electrons. The quantitative estimate of drug-likeness (QED) is 0.660. The molecule has 0 aromatic heterocycles. The maximum absolute atomic E-state index is 5.89. The molecule has 0 saturated carbocycles. The largest absolute Gasteiger partial charge is 0.129 e. The van der Waals surface area contributed by atoms with Gasteiger partial charge in [0.05, 0.1) is 0 Å². The van der Waals surface area contributed by atoms with E-state index in [-0.39, 0.29) is 0 Å². The minimum Gasteiger partial charge on any atom is -0.129 e. The van der Waals surface area contributed by atoms with Crippen LogP contribution in [0.4, 0.5) is 0 Å². The van der Waals surface area contributed by atoms with Gasteiger partial charge in [0, 0.05) is 14.4 Å². The predicted molar refractivity (Wildman–Crippen MR) is 76.4 cm³/mol. The van der Waals surface area contributed by atoms with Crippen LogP contribution in [0, 0.1) is 0 Å². The SMILES string of the molecule is CSc1ccc(Br)cc1-c1ccc(Cl)cc1. The molecule has 0 bridgehead atoms. The minimum atomic E-state index is 0.768. The van der Waals surface area contributed by atoms with Crippen LogP contribution in [0.2, 0.25) is 5.02 Å². The molecule has 0 amide bonds. The first-order valence-corrected chi connectivity index (χ1v) is 7.20. The zero-order valence-corrected chi connectivity index (χ0v) is 11.9. The number of hydrogen-bond acceptors (Lipinski definition) is 1. The first-order valence-electron chi connectivity index (χ1n) is 4.80. The Morgan fingerprint density at radius 2 is 1.75 bits per heavy atom. The van der Waals surface area contributed by atoms with Crippen molar-refractivity contribution in [2.45, 2.75) is 4.90 Å². The molecule has 0 atom stereocenters. The van der Waals surface area contributed by atoms with E-state index in [1.807, 2.05) is 24.3 Å². The summed E-state index contributed by atoms with van der Waals surface area (Å²) in [6.07, 6.45) is 2.09. The standard InChI is InChI=1S/C13H10BrClS/c1-16-13-7-4-10(14)8-12(13)9-2-5-11(15)6-3-9/h2-8H,1H3. The van der Waals surface area contributed by atoms with Gasteiger partial charge in [-0.1, -0.05) is 39.7 Å². The molecule has 0 aliphatic heterocycles. The second-order valence-electron chi connectivity index (χ2n) is 3.35. The lowest BCUT2D eigenvalue weighted by atomic mass is 10.1. The zero-order chi connectivity index (χ0) is 11.5. The Morgan fingerprint density at radius 1 is 1.06 bits per heavy atom. The van der Waals surface area contributed by atoms with Gasteiger partial charge in [0.2, 0.25) is 0 Å². The van der Waals surface area contributed by atoms with Crippen molar-refractivity contribution in [3.63, 3.8) is 0 Å². The molecule has 0 aliphatic rings. The molecule has 2 aromatic rings. The van der Waals surface area contributed by atoms with Gasteiger partial charge in [-0.05, 0) is 47.7 Å². The molecule has 0 aliphatic carbocycles. The van der Waals surface area contributed by atoms with E-state index >= 15 is 0 Å². The summed E-state index contributed by atoms with van der Waals surface area (Å²) in [5, 5.41) is 0.768. The molecule has 0 fully saturated rings. The Kier molecular flexibility index (Phi) is 3.95. The molecular formula is C13H10BrClS. The highest BCUT2D eigenvalue weighted by atomic mass is 79.9. The maximum atomic E-state index is 5.89. The molecule has 0 N–H and O–H groups in total. The topological polar surface area (TPSA) is 0 Å². The Labute approximate surface area is 113 Å². The third-order valence-electron chi connectivity index (χ3n) is 2.32. The molecule has 2 aromatic carbocycles. The van der Waals surface area contributed by atoms with E-state index in [0.29, 0.717) is 0 Å². The lowest BCUT2D eigenvalue weighted by molar-refractivity contribution is 1.43. The van der Waals surface area contributed by atoms with Crippen molar-refractivity contribution >= 4 is 39.3 Å². The summed E-state index contributed by atoms with van der Waals surface area (Å²) >= 11 is 11.1. The second kappa shape index (κ2) is 5.26. The molecule has 2 rings (SSSR count). The van der Waals surface area contributed by atoms with Crippen LogP contribution in [0.25, 0.3) is 11.1 Å². The van der Waals surface area contributed by atoms with E-state index in [4.69, 9.17) is 11.6 Å². The van der Waals surface area contributed by atoms with Gasteiger partial charge in [-0.2, -0.15) is 0 Å². The van der Waals surface area contributed by atoms with E-state index in [0.717, 1.165) is 9.50 Å². The van der Waals surface area contributed by atoms with Crippen LogP contribution in [0.5, 0.6) is 0 Å². The fourth-order valence-electron chi connectivity index (χ4n) is 1.54. The van der Waals surface area contributed by atoms with E-state index in [2.05, 4.69) is 40.4 Å². The third-order valence-corrected chi connectivity index (χ3v) is 3.86. The lowest BCUT2D eigenvalue weighted by Gasteiger charge is -2.08. The number of thioether (sulfide) groups is 1. The molecule has 16 heavy (non-hydrogen) atoms. The van der Waals surface area contributed by atoms with Crippen LogP contribution >= 0.6 is 39.3 Å². The van der Waals surface area contributed by atoms with Gasteiger partial charge >= 0.3 is 0 Å². The lowest BCUT2D eigenvalue weighted by Crippen LogP contribution is -1.82. The highest BCUT2D eigenvalue weighted by molar-refractivity contribution is 9.10. The molecule has 0 radical (unpaired) electrons. The summed E-state index contributed by atoms with van der Waals surface area (Å²) in [5.74, 6) is 0. The van der Waals surface area contributed by atoms with Crippen molar-refractivity contribution in [3.8, 4) is 11.1 Å². The van der Waals surface area contributed by atoms with Gasteiger partial charge < -0.3 is 0 Å². The Morgan fingerprint density at radius 3 is 2.38 bits per heavy atom. The summed E-state index contributed by atoms with van der Waals surface area (Å²) in [5.41, 5.74) is 2.42. The average molecular weight is 314 g/mol. The number of hydrogen-bond donors (Lipinski definition) is 0. The summed E-state index contributed by atoms with van der Waals surface area (Å²) in [4.78, 5) is 1.27. The molecule has 0 heterocycles. The molecule has 0 nitrogen and oxygen atoms in total. The summed E-state index contributed by atoms with van der Waals surface area (Å²) in [6, 6.07) is 14.2. The van der Waals surface area contributed by atoms with Crippen molar-refractivity contribution < 1.29 is 0 Å². The van der Waals surface area contributed by atoms with E-state index in [1.165, 1.54) is 16.0 Å². The van der Waals surface area contributed by atoms with E-state index < -0.39 is 0 Å². The number of benzene rings is 2. The fraction of sp³-hybridized carbons (Fsp3) is 0.0769. The van der Waals surface area contributed by atoms with Crippen LogP contribution < -0.4 is 0 Å². The highest BCUT2D eigenvalue weighted by Gasteiger charge is 2.04. The fourth-order valence-corrected chi connectivity index (χ4v) is 2.62. The number of rotatable bonds is 2.